The summed E-state index contributed by atoms with van der Waals surface area (Å²) < 4.78 is 2.22. The minimum absolute atomic E-state index is 0.206. The molecule has 0 fully saturated rings. The van der Waals surface area contributed by atoms with Gasteiger partial charge >= 0.3 is 0 Å². The number of aromatic nitrogens is 2. The molecule has 1 amide bonds. The largest absolute Gasteiger partial charge is 0.336 e. The Kier molecular flexibility index (Phi) is 5.11. The summed E-state index contributed by atoms with van der Waals surface area (Å²) in [5.41, 5.74) is 3.17. The number of nitrogens with zero attached hydrogens (tertiary/aromatic N) is 2. The highest BCUT2D eigenvalue weighted by Crippen LogP contribution is 2.19. The molecule has 1 heterocycles. The van der Waals surface area contributed by atoms with Crippen molar-refractivity contribution in [2.75, 3.05) is 19.4 Å². The van der Waals surface area contributed by atoms with Crippen molar-refractivity contribution >= 4 is 23.8 Å². The first-order chi connectivity index (χ1) is 12.1. The van der Waals surface area contributed by atoms with Crippen molar-refractivity contribution in [1.82, 2.24) is 14.5 Å². The highest BCUT2D eigenvalue weighted by Gasteiger charge is 2.15. The van der Waals surface area contributed by atoms with Crippen molar-refractivity contribution in [2.24, 2.45) is 0 Å². The standard InChI is InChI=1S/C19H20N4OS/c1-22(2)13-14-8-6-7-11-16(14)21-18(24)17-12-20-19(25)23(17)15-9-4-3-5-10-15/h3-12H,13H2,1-2H3,(H,20,25)(H,21,24). The van der Waals surface area contributed by atoms with Gasteiger partial charge in [-0.3, -0.25) is 9.36 Å². The zero-order chi connectivity index (χ0) is 17.8. The fourth-order valence-electron chi connectivity index (χ4n) is 2.68. The Morgan fingerprint density at radius 2 is 1.80 bits per heavy atom. The molecule has 6 heteroatoms. The molecule has 0 bridgehead atoms. The number of benzene rings is 2. The number of carbonyl (C=O) groups excluding carboxylic acids is 1. The summed E-state index contributed by atoms with van der Waals surface area (Å²) in [6.07, 6.45) is 1.64. The van der Waals surface area contributed by atoms with Gasteiger partial charge in [-0.1, -0.05) is 36.4 Å². The van der Waals surface area contributed by atoms with E-state index in [4.69, 9.17) is 12.2 Å². The van der Waals surface area contributed by atoms with Crippen LogP contribution in [-0.4, -0.2) is 34.5 Å². The Balaban J connectivity index is 1.93. The van der Waals surface area contributed by atoms with E-state index in [9.17, 15) is 4.79 Å². The molecule has 0 saturated carbocycles. The number of para-hydroxylation sites is 2. The van der Waals surface area contributed by atoms with Crippen molar-refractivity contribution in [3.05, 3.63) is 76.8 Å². The predicted octanol–water partition coefficient (Wildman–Crippen LogP) is 3.85. The van der Waals surface area contributed by atoms with Gasteiger partial charge in [0.2, 0.25) is 0 Å². The quantitative estimate of drug-likeness (QED) is 0.686. The molecule has 0 atom stereocenters. The highest BCUT2D eigenvalue weighted by molar-refractivity contribution is 7.71. The van der Waals surface area contributed by atoms with E-state index in [1.54, 1.807) is 10.8 Å². The second-order valence-electron chi connectivity index (χ2n) is 6.00. The number of carbonyl (C=O) groups is 1. The molecule has 0 unspecified atom stereocenters. The summed E-state index contributed by atoms with van der Waals surface area (Å²) in [4.78, 5) is 17.9. The predicted molar refractivity (Wildman–Crippen MR) is 103 cm³/mol. The minimum atomic E-state index is -0.206. The maximum atomic E-state index is 12.8. The molecule has 2 aromatic carbocycles. The zero-order valence-corrected chi connectivity index (χ0v) is 15.0. The van der Waals surface area contributed by atoms with E-state index in [0.29, 0.717) is 10.5 Å². The molecular formula is C19H20N4OS. The molecule has 0 aliphatic carbocycles. The first-order valence-electron chi connectivity index (χ1n) is 7.96. The van der Waals surface area contributed by atoms with Gasteiger partial charge in [0.15, 0.2) is 4.77 Å². The molecule has 3 aromatic rings. The molecular weight excluding hydrogens is 332 g/mol. The van der Waals surface area contributed by atoms with E-state index >= 15 is 0 Å². The normalized spacial score (nSPS) is 10.8. The summed E-state index contributed by atoms with van der Waals surface area (Å²) in [6.45, 7) is 0.745. The number of H-pyrrole nitrogens is 1. The number of hydrogen-bond donors (Lipinski definition) is 2. The molecule has 5 nitrogen and oxygen atoms in total. The third-order valence-corrected chi connectivity index (χ3v) is 4.08. The zero-order valence-electron chi connectivity index (χ0n) is 14.2. The molecule has 128 valence electrons. The average Bonchev–Trinajstić information content (AvgIpc) is 2.98. The number of hydrogen-bond acceptors (Lipinski definition) is 3. The topological polar surface area (TPSA) is 53.1 Å². The van der Waals surface area contributed by atoms with Crippen LogP contribution in [0, 0.1) is 4.77 Å². The summed E-state index contributed by atoms with van der Waals surface area (Å²) in [6, 6.07) is 17.4. The molecule has 2 N–H and O–H groups in total. The lowest BCUT2D eigenvalue weighted by molar-refractivity contribution is 0.102. The van der Waals surface area contributed by atoms with E-state index in [1.807, 2.05) is 68.7 Å². The maximum Gasteiger partial charge on any atom is 0.274 e. The third-order valence-electron chi connectivity index (χ3n) is 3.78. The van der Waals surface area contributed by atoms with Crippen LogP contribution in [0.2, 0.25) is 0 Å². The van der Waals surface area contributed by atoms with Gasteiger partial charge in [-0.05, 0) is 50.1 Å². The highest BCUT2D eigenvalue weighted by atomic mass is 32.1. The number of imidazole rings is 1. The fourth-order valence-corrected chi connectivity index (χ4v) is 2.94. The van der Waals surface area contributed by atoms with Crippen LogP contribution >= 0.6 is 12.2 Å². The summed E-state index contributed by atoms with van der Waals surface area (Å²) in [5, 5.41) is 3.00. The third kappa shape index (κ3) is 3.87. The molecule has 25 heavy (non-hydrogen) atoms. The van der Waals surface area contributed by atoms with Crippen molar-refractivity contribution in [1.29, 1.82) is 0 Å². The lowest BCUT2D eigenvalue weighted by Crippen LogP contribution is -2.19. The summed E-state index contributed by atoms with van der Waals surface area (Å²) in [7, 11) is 4.00. The van der Waals surface area contributed by atoms with Crippen LogP contribution in [0.4, 0.5) is 5.69 Å². The number of amides is 1. The number of anilines is 1. The van der Waals surface area contributed by atoms with Gasteiger partial charge in [0.05, 0.1) is 0 Å². The van der Waals surface area contributed by atoms with Crippen molar-refractivity contribution in [3.8, 4) is 5.69 Å². The van der Waals surface area contributed by atoms with Gasteiger partial charge in [-0.2, -0.15) is 0 Å². The maximum absolute atomic E-state index is 12.8. The number of aromatic amines is 1. The first kappa shape index (κ1) is 17.1. The Labute approximate surface area is 151 Å². The lowest BCUT2D eigenvalue weighted by Gasteiger charge is -2.15. The second-order valence-corrected chi connectivity index (χ2v) is 6.39. The molecule has 0 radical (unpaired) electrons. The Morgan fingerprint density at radius 3 is 2.52 bits per heavy atom. The summed E-state index contributed by atoms with van der Waals surface area (Å²) >= 11 is 5.34. The smallest absolute Gasteiger partial charge is 0.274 e. The Bertz CT molecular complexity index is 928. The van der Waals surface area contributed by atoms with Gasteiger partial charge in [0, 0.05) is 24.1 Å². The molecule has 1 aromatic heterocycles. The second kappa shape index (κ2) is 7.46. The molecule has 0 aliphatic rings. The van der Waals surface area contributed by atoms with E-state index in [2.05, 4.69) is 15.2 Å². The molecule has 0 aliphatic heterocycles. The van der Waals surface area contributed by atoms with E-state index in [-0.39, 0.29) is 5.91 Å². The average molecular weight is 352 g/mol. The van der Waals surface area contributed by atoms with E-state index in [0.717, 1.165) is 23.5 Å². The van der Waals surface area contributed by atoms with Crippen LogP contribution in [0.3, 0.4) is 0 Å². The van der Waals surface area contributed by atoms with Crippen molar-refractivity contribution in [3.63, 3.8) is 0 Å². The van der Waals surface area contributed by atoms with E-state index in [1.165, 1.54) is 0 Å². The fraction of sp³-hybridized carbons (Fsp3) is 0.158. The molecule has 0 spiro atoms. The Hall–Kier alpha value is -2.70. The number of rotatable bonds is 5. The van der Waals surface area contributed by atoms with Gasteiger partial charge < -0.3 is 15.2 Å². The minimum Gasteiger partial charge on any atom is -0.336 e. The van der Waals surface area contributed by atoms with Crippen LogP contribution < -0.4 is 5.32 Å². The first-order valence-corrected chi connectivity index (χ1v) is 8.37. The lowest BCUT2D eigenvalue weighted by atomic mass is 10.1. The van der Waals surface area contributed by atoms with Crippen LogP contribution in [0.15, 0.2) is 60.8 Å². The van der Waals surface area contributed by atoms with Crippen LogP contribution in [0.1, 0.15) is 16.1 Å². The van der Waals surface area contributed by atoms with Gasteiger partial charge in [-0.25, -0.2) is 0 Å². The van der Waals surface area contributed by atoms with Gasteiger partial charge in [0.25, 0.3) is 5.91 Å². The number of nitrogens with one attached hydrogen (secondary N) is 2. The molecule has 3 rings (SSSR count). The van der Waals surface area contributed by atoms with E-state index < -0.39 is 0 Å². The molecule has 0 saturated heterocycles. The van der Waals surface area contributed by atoms with Crippen LogP contribution in [0.25, 0.3) is 5.69 Å². The van der Waals surface area contributed by atoms with Crippen LogP contribution in [0.5, 0.6) is 0 Å². The van der Waals surface area contributed by atoms with Crippen molar-refractivity contribution < 1.29 is 4.79 Å². The van der Waals surface area contributed by atoms with Crippen LogP contribution in [-0.2, 0) is 6.54 Å². The Morgan fingerprint density at radius 1 is 1.12 bits per heavy atom. The monoisotopic (exact) mass is 352 g/mol. The van der Waals surface area contributed by atoms with Gasteiger partial charge in [-0.15, -0.1) is 0 Å². The summed E-state index contributed by atoms with van der Waals surface area (Å²) in [5.74, 6) is -0.206. The SMILES string of the molecule is CN(C)Cc1ccccc1NC(=O)c1c[nH]c(=S)n1-c1ccccc1. The van der Waals surface area contributed by atoms with Gasteiger partial charge in [0.1, 0.15) is 5.69 Å². The van der Waals surface area contributed by atoms with Crippen molar-refractivity contribution in [2.45, 2.75) is 6.54 Å².